The van der Waals surface area contributed by atoms with Crippen LogP contribution in [0.2, 0.25) is 0 Å². The van der Waals surface area contributed by atoms with Crippen molar-refractivity contribution in [3.63, 3.8) is 0 Å². The molecule has 0 N–H and O–H groups in total. The van der Waals surface area contributed by atoms with E-state index < -0.39 is 39.7 Å². The Morgan fingerprint density at radius 3 is 2.32 bits per heavy atom. The highest BCUT2D eigenvalue weighted by Crippen LogP contribution is 2.43. The zero-order valence-electron chi connectivity index (χ0n) is 24.1. The number of hydrogen-bond acceptors (Lipinski definition) is 8. The molecule has 0 radical (unpaired) electrons. The molecule has 2 aliphatic heterocycles. The molecule has 0 aliphatic carbocycles. The van der Waals surface area contributed by atoms with E-state index >= 15 is 0 Å². The zero-order valence-corrected chi connectivity index (χ0v) is 24.9. The summed E-state index contributed by atoms with van der Waals surface area (Å²) in [4.78, 5) is 33.0. The summed E-state index contributed by atoms with van der Waals surface area (Å²) in [5, 5.41) is 19.8. The second-order valence-electron chi connectivity index (χ2n) is 10.3. The smallest absolute Gasteiger partial charge is 0.383 e. The van der Waals surface area contributed by atoms with Gasteiger partial charge in [0.2, 0.25) is 0 Å². The van der Waals surface area contributed by atoms with Gasteiger partial charge >= 0.3 is 18.2 Å². The van der Waals surface area contributed by atoms with Crippen LogP contribution in [0.3, 0.4) is 0 Å². The number of urea groups is 2. The van der Waals surface area contributed by atoms with E-state index in [9.17, 15) is 41.7 Å². The van der Waals surface area contributed by atoms with Crippen LogP contribution in [0.5, 0.6) is 0 Å². The van der Waals surface area contributed by atoms with Crippen LogP contribution >= 0.6 is 0 Å². The molecular formula is C29H29F3N6O5S. The van der Waals surface area contributed by atoms with Crippen molar-refractivity contribution >= 4 is 27.6 Å². The Bertz CT molecular complexity index is 1690. The molecule has 0 saturated carbocycles. The van der Waals surface area contributed by atoms with Crippen molar-refractivity contribution in [1.29, 1.82) is 10.5 Å². The summed E-state index contributed by atoms with van der Waals surface area (Å²) in [6, 6.07) is 7.90. The van der Waals surface area contributed by atoms with Crippen molar-refractivity contribution in [3.05, 3.63) is 70.4 Å². The number of nitriles is 2. The fourth-order valence-electron chi connectivity index (χ4n) is 5.25. The number of sulfone groups is 1. The molecule has 2 aromatic rings. The fourth-order valence-corrected chi connectivity index (χ4v) is 6.20. The van der Waals surface area contributed by atoms with E-state index in [0.29, 0.717) is 31.1 Å². The molecular weight excluding hydrogens is 601 g/mol. The Morgan fingerprint density at radius 1 is 1.07 bits per heavy atom. The molecule has 11 nitrogen and oxygen atoms in total. The van der Waals surface area contributed by atoms with Crippen LogP contribution in [0.1, 0.15) is 29.7 Å². The lowest BCUT2D eigenvalue weighted by atomic mass is 9.93. The van der Waals surface area contributed by atoms with E-state index in [1.165, 1.54) is 30.0 Å². The molecule has 4 amide bonds. The van der Waals surface area contributed by atoms with E-state index in [0.717, 1.165) is 35.4 Å². The molecule has 1 fully saturated rings. The highest BCUT2D eigenvalue weighted by Gasteiger charge is 2.47. The standard InChI is InChI=1S/C29H29F3N6O5S/c1-19-24(18-34)26(23-8-7-20(17-33)15-25(23)44(3,41)42)38(27(39)36-11-9-35(10-12-36)13-14-43-2)28(40)37(19)22-6-4-5-21(16-22)29(30,31)32/h4-8,15-16,26H,9-14H2,1-3H3/t26-/m1/s1. The summed E-state index contributed by atoms with van der Waals surface area (Å²) in [5.74, 6) is 0. The Kier molecular flexibility index (Phi) is 9.34. The van der Waals surface area contributed by atoms with Crippen LogP contribution in [0.15, 0.2) is 58.6 Å². The van der Waals surface area contributed by atoms with Gasteiger partial charge in [-0.1, -0.05) is 12.1 Å². The Morgan fingerprint density at radius 2 is 1.75 bits per heavy atom. The van der Waals surface area contributed by atoms with Gasteiger partial charge in [-0.05, 0) is 42.8 Å². The van der Waals surface area contributed by atoms with Crippen molar-refractivity contribution in [2.45, 2.75) is 24.0 Å². The summed E-state index contributed by atoms with van der Waals surface area (Å²) in [7, 11) is -2.50. The summed E-state index contributed by atoms with van der Waals surface area (Å²) in [6.45, 7) is 3.64. The lowest BCUT2D eigenvalue weighted by molar-refractivity contribution is -0.137. The summed E-state index contributed by atoms with van der Waals surface area (Å²) in [5.41, 5.74) is -1.72. The van der Waals surface area contributed by atoms with Crippen LogP contribution in [0, 0.1) is 22.7 Å². The first-order valence-electron chi connectivity index (χ1n) is 13.4. The predicted octanol–water partition coefficient (Wildman–Crippen LogP) is 4.15. The SMILES string of the molecule is COCCN1CCN(C(=O)N2C(=O)N(c3cccc(C(F)(F)F)c3)C(C)=C(C#N)[C@H]2c2ccc(C#N)cc2S(C)(=O)=O)CC1. The van der Waals surface area contributed by atoms with E-state index in [1.807, 2.05) is 17.0 Å². The lowest BCUT2D eigenvalue weighted by Gasteiger charge is -2.44. The summed E-state index contributed by atoms with van der Waals surface area (Å²) in [6.07, 6.45) is -3.85. The van der Waals surface area contributed by atoms with Gasteiger partial charge in [-0.25, -0.2) is 22.9 Å². The highest BCUT2D eigenvalue weighted by molar-refractivity contribution is 7.90. The maximum atomic E-state index is 14.3. The van der Waals surface area contributed by atoms with Crippen molar-refractivity contribution in [2.24, 2.45) is 0 Å². The normalized spacial score (nSPS) is 18.3. The Balaban J connectivity index is 1.91. The van der Waals surface area contributed by atoms with E-state index in [-0.39, 0.29) is 46.1 Å². The number of benzene rings is 2. The van der Waals surface area contributed by atoms with Crippen LogP contribution in [0.4, 0.5) is 28.4 Å². The average molecular weight is 631 g/mol. The number of allylic oxidation sites excluding steroid dienone is 1. The van der Waals surface area contributed by atoms with Crippen LogP contribution in [-0.2, 0) is 20.8 Å². The minimum atomic E-state index is -4.74. The molecule has 2 aromatic carbocycles. The van der Waals surface area contributed by atoms with E-state index in [1.54, 1.807) is 7.11 Å². The van der Waals surface area contributed by atoms with Gasteiger partial charge in [-0.3, -0.25) is 9.80 Å². The molecule has 2 heterocycles. The van der Waals surface area contributed by atoms with Crippen molar-refractivity contribution < 1.29 is 35.9 Å². The molecule has 2 aliphatic rings. The lowest BCUT2D eigenvalue weighted by Crippen LogP contribution is -2.59. The molecule has 1 atom stereocenters. The largest absolute Gasteiger partial charge is 0.416 e. The van der Waals surface area contributed by atoms with Gasteiger partial charge < -0.3 is 9.64 Å². The van der Waals surface area contributed by atoms with Gasteiger partial charge in [-0.2, -0.15) is 23.7 Å². The molecule has 0 unspecified atom stereocenters. The zero-order chi connectivity index (χ0) is 32.4. The quantitative estimate of drug-likeness (QED) is 0.464. The second-order valence-corrected chi connectivity index (χ2v) is 12.3. The third-order valence-corrected chi connectivity index (χ3v) is 8.66. The first-order chi connectivity index (χ1) is 20.7. The maximum absolute atomic E-state index is 14.3. The number of rotatable bonds is 6. The minimum Gasteiger partial charge on any atom is -0.383 e. The number of ether oxygens (including phenoxy) is 1. The third-order valence-electron chi connectivity index (χ3n) is 7.50. The Labute approximate surface area is 252 Å². The van der Waals surface area contributed by atoms with Gasteiger partial charge in [0, 0.05) is 51.8 Å². The van der Waals surface area contributed by atoms with Crippen molar-refractivity contribution in [1.82, 2.24) is 14.7 Å². The third kappa shape index (κ3) is 6.40. The molecule has 232 valence electrons. The summed E-state index contributed by atoms with van der Waals surface area (Å²) >= 11 is 0. The highest BCUT2D eigenvalue weighted by atomic mass is 32.2. The number of carbonyl (C=O) groups excluding carboxylic acids is 2. The number of alkyl halides is 3. The van der Waals surface area contributed by atoms with Crippen LogP contribution in [-0.4, -0.2) is 87.9 Å². The number of halogens is 3. The van der Waals surface area contributed by atoms with Gasteiger partial charge in [0.1, 0.15) is 6.04 Å². The van der Waals surface area contributed by atoms with Gasteiger partial charge in [0.25, 0.3) is 0 Å². The molecule has 0 bridgehead atoms. The van der Waals surface area contributed by atoms with Crippen LogP contribution in [0.25, 0.3) is 0 Å². The fraction of sp³-hybridized carbons (Fsp3) is 0.379. The van der Waals surface area contributed by atoms with Crippen LogP contribution < -0.4 is 4.90 Å². The number of amides is 4. The number of hydrogen-bond donors (Lipinski definition) is 0. The topological polar surface area (TPSA) is 138 Å². The van der Waals surface area contributed by atoms with Gasteiger partial charge in [-0.15, -0.1) is 0 Å². The van der Waals surface area contributed by atoms with Gasteiger partial charge in [0.15, 0.2) is 9.84 Å². The first-order valence-corrected chi connectivity index (χ1v) is 15.3. The number of methoxy groups -OCH3 is 1. The number of imide groups is 1. The summed E-state index contributed by atoms with van der Waals surface area (Å²) < 4.78 is 71.7. The average Bonchev–Trinajstić information content (AvgIpc) is 2.98. The maximum Gasteiger partial charge on any atom is 0.416 e. The van der Waals surface area contributed by atoms with E-state index in [4.69, 9.17) is 4.74 Å². The molecule has 0 aromatic heterocycles. The first kappa shape index (κ1) is 32.5. The molecule has 15 heteroatoms. The number of carbonyl (C=O) groups is 2. The number of anilines is 1. The molecule has 0 spiro atoms. The number of nitrogens with zero attached hydrogens (tertiary/aromatic N) is 6. The van der Waals surface area contributed by atoms with E-state index in [2.05, 4.69) is 0 Å². The molecule has 4 rings (SSSR count). The molecule has 44 heavy (non-hydrogen) atoms. The Hall–Kier alpha value is -4.44. The predicted molar refractivity (Wildman–Crippen MR) is 152 cm³/mol. The number of piperazine rings is 1. The molecule has 1 saturated heterocycles. The van der Waals surface area contributed by atoms with Crippen molar-refractivity contribution in [2.75, 3.05) is 57.6 Å². The monoisotopic (exact) mass is 630 g/mol. The van der Waals surface area contributed by atoms with Gasteiger partial charge in [0.05, 0.1) is 46.0 Å². The second kappa shape index (κ2) is 12.7. The minimum absolute atomic E-state index is 0.00818. The van der Waals surface area contributed by atoms with Crippen molar-refractivity contribution in [3.8, 4) is 12.1 Å².